The Morgan fingerprint density at radius 2 is 1.61 bits per heavy atom. The fraction of sp³-hybridized carbons (Fsp3) is 0.350. The van der Waals surface area contributed by atoms with Crippen LogP contribution in [0, 0.1) is 5.92 Å². The lowest BCUT2D eigenvalue weighted by Crippen LogP contribution is -2.34. The van der Waals surface area contributed by atoms with Gasteiger partial charge in [-0.25, -0.2) is 0 Å². The lowest BCUT2D eigenvalue weighted by molar-refractivity contribution is -0.121. The molecule has 0 aliphatic carbocycles. The SMILES string of the molecule is CCC(CC)C(NC(=O)Cc1ccc(N)cc1)c1ccccc1. The van der Waals surface area contributed by atoms with Gasteiger partial charge in [-0.2, -0.15) is 0 Å². The number of carbonyl (C=O) groups is 1. The van der Waals surface area contributed by atoms with Crippen molar-refractivity contribution in [3.8, 4) is 0 Å². The Morgan fingerprint density at radius 1 is 1.00 bits per heavy atom. The molecule has 1 unspecified atom stereocenters. The monoisotopic (exact) mass is 310 g/mol. The number of carbonyl (C=O) groups excluding carboxylic acids is 1. The quantitative estimate of drug-likeness (QED) is 0.756. The molecule has 0 saturated heterocycles. The van der Waals surface area contributed by atoms with Gasteiger partial charge in [0.2, 0.25) is 5.91 Å². The topological polar surface area (TPSA) is 55.1 Å². The summed E-state index contributed by atoms with van der Waals surface area (Å²) in [6, 6.07) is 17.8. The van der Waals surface area contributed by atoms with Crippen molar-refractivity contribution >= 4 is 11.6 Å². The number of benzene rings is 2. The molecule has 0 spiro atoms. The van der Waals surface area contributed by atoms with Gasteiger partial charge in [-0.05, 0) is 29.2 Å². The minimum absolute atomic E-state index is 0.0514. The highest BCUT2D eigenvalue weighted by Crippen LogP contribution is 2.27. The van der Waals surface area contributed by atoms with Crippen LogP contribution in [0.4, 0.5) is 5.69 Å². The van der Waals surface area contributed by atoms with E-state index in [1.807, 2.05) is 42.5 Å². The second-order valence-electron chi connectivity index (χ2n) is 5.95. The van der Waals surface area contributed by atoms with Crippen LogP contribution in [0.5, 0.6) is 0 Å². The number of nitrogens with two attached hydrogens (primary N) is 1. The Hall–Kier alpha value is -2.29. The zero-order valence-electron chi connectivity index (χ0n) is 14.0. The molecular formula is C20H26N2O. The van der Waals surface area contributed by atoms with Crippen molar-refractivity contribution in [2.75, 3.05) is 5.73 Å². The lowest BCUT2D eigenvalue weighted by Gasteiger charge is -2.27. The molecule has 1 atom stereocenters. The summed E-state index contributed by atoms with van der Waals surface area (Å²) >= 11 is 0. The van der Waals surface area contributed by atoms with E-state index in [0.29, 0.717) is 18.0 Å². The molecule has 2 rings (SSSR count). The van der Waals surface area contributed by atoms with Gasteiger partial charge in [-0.1, -0.05) is 69.2 Å². The summed E-state index contributed by atoms with van der Waals surface area (Å²) in [7, 11) is 0. The largest absolute Gasteiger partial charge is 0.399 e. The Balaban J connectivity index is 2.10. The molecule has 23 heavy (non-hydrogen) atoms. The average Bonchev–Trinajstić information content (AvgIpc) is 2.58. The Bertz CT molecular complexity index is 603. The highest BCUT2D eigenvalue weighted by Gasteiger charge is 2.22. The highest BCUT2D eigenvalue weighted by molar-refractivity contribution is 5.79. The van der Waals surface area contributed by atoms with Crippen LogP contribution in [0.15, 0.2) is 54.6 Å². The average molecular weight is 310 g/mol. The van der Waals surface area contributed by atoms with Crippen molar-refractivity contribution in [2.24, 2.45) is 5.92 Å². The number of hydrogen-bond donors (Lipinski definition) is 2. The first-order valence-electron chi connectivity index (χ1n) is 8.32. The molecule has 0 radical (unpaired) electrons. The molecule has 2 aromatic rings. The van der Waals surface area contributed by atoms with Crippen molar-refractivity contribution in [3.05, 3.63) is 65.7 Å². The van der Waals surface area contributed by atoms with E-state index in [-0.39, 0.29) is 11.9 Å². The van der Waals surface area contributed by atoms with Crippen molar-refractivity contribution in [3.63, 3.8) is 0 Å². The summed E-state index contributed by atoms with van der Waals surface area (Å²) in [5, 5.41) is 3.23. The first-order valence-corrected chi connectivity index (χ1v) is 8.32. The van der Waals surface area contributed by atoms with Crippen LogP contribution >= 0.6 is 0 Å². The Kier molecular flexibility index (Phi) is 6.21. The summed E-state index contributed by atoms with van der Waals surface area (Å²) in [5.41, 5.74) is 8.56. The molecule has 3 nitrogen and oxygen atoms in total. The minimum Gasteiger partial charge on any atom is -0.399 e. The molecule has 0 aliphatic heterocycles. The van der Waals surface area contributed by atoms with Gasteiger partial charge in [-0.3, -0.25) is 4.79 Å². The van der Waals surface area contributed by atoms with Crippen molar-refractivity contribution in [1.82, 2.24) is 5.32 Å². The van der Waals surface area contributed by atoms with E-state index in [4.69, 9.17) is 5.73 Å². The van der Waals surface area contributed by atoms with E-state index in [1.54, 1.807) is 0 Å². The van der Waals surface area contributed by atoms with E-state index in [2.05, 4.69) is 31.3 Å². The zero-order chi connectivity index (χ0) is 16.7. The zero-order valence-corrected chi connectivity index (χ0v) is 14.0. The molecule has 0 aromatic heterocycles. The molecule has 0 aliphatic rings. The molecule has 0 bridgehead atoms. The van der Waals surface area contributed by atoms with Crippen molar-refractivity contribution in [2.45, 2.75) is 39.2 Å². The van der Waals surface area contributed by atoms with Crippen LogP contribution in [0.2, 0.25) is 0 Å². The van der Waals surface area contributed by atoms with Crippen molar-refractivity contribution in [1.29, 1.82) is 0 Å². The third kappa shape index (κ3) is 4.85. The van der Waals surface area contributed by atoms with Gasteiger partial charge in [-0.15, -0.1) is 0 Å². The summed E-state index contributed by atoms with van der Waals surface area (Å²) in [6.07, 6.45) is 2.46. The number of nitrogen functional groups attached to an aromatic ring is 1. The first kappa shape index (κ1) is 17.1. The smallest absolute Gasteiger partial charge is 0.224 e. The van der Waals surface area contributed by atoms with Crippen LogP contribution in [0.3, 0.4) is 0 Å². The second kappa shape index (κ2) is 8.37. The molecule has 122 valence electrons. The first-order chi connectivity index (χ1) is 11.1. The van der Waals surface area contributed by atoms with E-state index < -0.39 is 0 Å². The maximum Gasteiger partial charge on any atom is 0.224 e. The van der Waals surface area contributed by atoms with Gasteiger partial charge in [0.1, 0.15) is 0 Å². The van der Waals surface area contributed by atoms with Crippen LogP contribution in [-0.2, 0) is 11.2 Å². The summed E-state index contributed by atoms with van der Waals surface area (Å²) in [5.74, 6) is 0.489. The van der Waals surface area contributed by atoms with Crippen LogP contribution in [0.25, 0.3) is 0 Å². The fourth-order valence-electron chi connectivity index (χ4n) is 2.94. The molecular weight excluding hydrogens is 284 g/mol. The van der Waals surface area contributed by atoms with Crippen LogP contribution < -0.4 is 11.1 Å². The minimum atomic E-state index is 0.0514. The third-order valence-electron chi connectivity index (χ3n) is 4.34. The lowest BCUT2D eigenvalue weighted by atomic mass is 9.88. The molecule has 0 saturated carbocycles. The van der Waals surface area contributed by atoms with Gasteiger partial charge in [0.05, 0.1) is 12.5 Å². The van der Waals surface area contributed by atoms with Gasteiger partial charge in [0, 0.05) is 5.69 Å². The third-order valence-corrected chi connectivity index (χ3v) is 4.34. The number of hydrogen-bond acceptors (Lipinski definition) is 2. The standard InChI is InChI=1S/C20H26N2O/c1-3-16(4-2)20(17-8-6-5-7-9-17)22-19(23)14-15-10-12-18(21)13-11-15/h5-13,16,20H,3-4,14,21H2,1-2H3,(H,22,23). The molecule has 3 N–H and O–H groups in total. The number of nitrogens with one attached hydrogen (secondary N) is 1. The second-order valence-corrected chi connectivity index (χ2v) is 5.95. The molecule has 0 heterocycles. The van der Waals surface area contributed by atoms with E-state index >= 15 is 0 Å². The molecule has 2 aromatic carbocycles. The normalized spacial score (nSPS) is 12.1. The highest BCUT2D eigenvalue weighted by atomic mass is 16.1. The molecule has 0 fully saturated rings. The fourth-order valence-corrected chi connectivity index (χ4v) is 2.94. The van der Waals surface area contributed by atoms with Crippen LogP contribution in [-0.4, -0.2) is 5.91 Å². The molecule has 1 amide bonds. The van der Waals surface area contributed by atoms with E-state index in [1.165, 1.54) is 5.56 Å². The number of anilines is 1. The summed E-state index contributed by atoms with van der Waals surface area (Å²) in [4.78, 5) is 12.5. The number of amides is 1. The maximum absolute atomic E-state index is 12.5. The summed E-state index contributed by atoms with van der Waals surface area (Å²) in [6.45, 7) is 4.35. The van der Waals surface area contributed by atoms with Gasteiger partial charge in [0.25, 0.3) is 0 Å². The predicted octanol–water partition coefficient (Wildman–Crippen LogP) is 4.11. The van der Waals surface area contributed by atoms with E-state index in [0.717, 1.165) is 18.4 Å². The summed E-state index contributed by atoms with van der Waals surface area (Å²) < 4.78 is 0. The van der Waals surface area contributed by atoms with Gasteiger partial charge < -0.3 is 11.1 Å². The Morgan fingerprint density at radius 3 is 2.17 bits per heavy atom. The predicted molar refractivity (Wildman–Crippen MR) is 96.0 cm³/mol. The maximum atomic E-state index is 12.5. The van der Waals surface area contributed by atoms with Gasteiger partial charge >= 0.3 is 0 Å². The number of rotatable bonds is 7. The van der Waals surface area contributed by atoms with Crippen molar-refractivity contribution < 1.29 is 4.79 Å². The van der Waals surface area contributed by atoms with E-state index in [9.17, 15) is 4.79 Å². The Labute approximate surface area is 138 Å². The van der Waals surface area contributed by atoms with Crippen LogP contribution in [0.1, 0.15) is 43.9 Å². The van der Waals surface area contributed by atoms with Gasteiger partial charge in [0.15, 0.2) is 0 Å². The molecule has 3 heteroatoms.